The van der Waals surface area contributed by atoms with Gasteiger partial charge in [0.15, 0.2) is 0 Å². The maximum Gasteiger partial charge on any atom is 0.303 e. The average molecular weight is 320 g/mol. The van der Waals surface area contributed by atoms with Gasteiger partial charge < -0.3 is 15.7 Å². The van der Waals surface area contributed by atoms with Gasteiger partial charge in [-0.25, -0.2) is 0 Å². The second-order valence-corrected chi connectivity index (χ2v) is 5.49. The van der Waals surface area contributed by atoms with E-state index in [1.165, 1.54) is 0 Å². The van der Waals surface area contributed by atoms with Crippen LogP contribution >= 0.6 is 0 Å². The van der Waals surface area contributed by atoms with Crippen molar-refractivity contribution >= 4 is 17.8 Å². The first kappa shape index (κ1) is 18.7. The molecule has 0 heterocycles. The Morgan fingerprint density at radius 1 is 1.17 bits per heavy atom. The molecule has 0 aliphatic carbocycles. The zero-order valence-corrected chi connectivity index (χ0v) is 13.5. The lowest BCUT2D eigenvalue weighted by Crippen LogP contribution is -2.50. The third-order valence-electron chi connectivity index (χ3n) is 3.68. The summed E-state index contributed by atoms with van der Waals surface area (Å²) in [6.07, 6.45) is 1.11. The molecule has 3 N–H and O–H groups in total. The Kier molecular flexibility index (Phi) is 7.80. The standard InChI is InChI=1S/C17H24N2O4/c1-3-12(2)15(17(23)18-11-7-10-14(20)21)19-16(22)13-8-5-4-6-9-13/h4-6,8-9,12,15H,3,7,10-11H2,1-2H3,(H,18,23)(H,19,22)(H,20,21). The maximum atomic E-state index is 12.3. The molecule has 0 aliphatic heterocycles. The molecule has 1 aromatic rings. The van der Waals surface area contributed by atoms with Crippen LogP contribution in [0.3, 0.4) is 0 Å². The van der Waals surface area contributed by atoms with Crippen LogP contribution in [0.4, 0.5) is 0 Å². The van der Waals surface area contributed by atoms with E-state index in [0.29, 0.717) is 12.0 Å². The minimum Gasteiger partial charge on any atom is -0.481 e. The highest BCUT2D eigenvalue weighted by Crippen LogP contribution is 2.09. The summed E-state index contributed by atoms with van der Waals surface area (Å²) in [4.78, 5) is 35.0. The van der Waals surface area contributed by atoms with Crippen LogP contribution in [0, 0.1) is 5.92 Å². The van der Waals surface area contributed by atoms with Gasteiger partial charge in [0.1, 0.15) is 6.04 Å². The maximum absolute atomic E-state index is 12.3. The van der Waals surface area contributed by atoms with Crippen molar-refractivity contribution in [2.45, 2.75) is 39.2 Å². The SMILES string of the molecule is CCC(C)C(NC(=O)c1ccccc1)C(=O)NCCCC(=O)O. The number of carboxylic acid groups (broad SMARTS) is 1. The molecule has 0 radical (unpaired) electrons. The van der Waals surface area contributed by atoms with Crippen molar-refractivity contribution < 1.29 is 19.5 Å². The first-order valence-corrected chi connectivity index (χ1v) is 7.81. The summed E-state index contributed by atoms with van der Waals surface area (Å²) in [5.74, 6) is -1.50. The van der Waals surface area contributed by atoms with Crippen LogP contribution in [0.15, 0.2) is 30.3 Å². The Bertz CT molecular complexity index is 531. The zero-order valence-electron chi connectivity index (χ0n) is 13.5. The molecule has 0 fully saturated rings. The predicted octanol–water partition coefficient (Wildman–Crippen LogP) is 1.81. The summed E-state index contributed by atoms with van der Waals surface area (Å²) < 4.78 is 0. The van der Waals surface area contributed by atoms with Gasteiger partial charge in [-0.2, -0.15) is 0 Å². The predicted molar refractivity (Wildman–Crippen MR) is 87.0 cm³/mol. The molecule has 6 heteroatoms. The number of carboxylic acids is 1. The minimum atomic E-state index is -0.893. The lowest BCUT2D eigenvalue weighted by atomic mass is 9.97. The average Bonchev–Trinajstić information content (AvgIpc) is 2.56. The van der Waals surface area contributed by atoms with Crippen LogP contribution in [0.1, 0.15) is 43.5 Å². The number of rotatable bonds is 9. The molecule has 1 rings (SSSR count). The number of hydrogen-bond donors (Lipinski definition) is 3. The third kappa shape index (κ3) is 6.50. The van der Waals surface area contributed by atoms with Crippen molar-refractivity contribution in [1.82, 2.24) is 10.6 Å². The monoisotopic (exact) mass is 320 g/mol. The lowest BCUT2D eigenvalue weighted by Gasteiger charge is -2.23. The first-order valence-electron chi connectivity index (χ1n) is 7.81. The topological polar surface area (TPSA) is 95.5 Å². The first-order chi connectivity index (χ1) is 11.0. The molecule has 2 unspecified atom stereocenters. The van der Waals surface area contributed by atoms with Gasteiger partial charge in [-0.05, 0) is 24.5 Å². The van der Waals surface area contributed by atoms with Crippen LogP contribution in [-0.2, 0) is 9.59 Å². The van der Waals surface area contributed by atoms with E-state index >= 15 is 0 Å². The summed E-state index contributed by atoms with van der Waals surface area (Å²) >= 11 is 0. The largest absolute Gasteiger partial charge is 0.481 e. The number of benzene rings is 1. The second kappa shape index (κ2) is 9.61. The van der Waals surface area contributed by atoms with E-state index in [-0.39, 0.29) is 30.7 Å². The second-order valence-electron chi connectivity index (χ2n) is 5.49. The molecule has 2 atom stereocenters. The fourth-order valence-corrected chi connectivity index (χ4v) is 2.08. The van der Waals surface area contributed by atoms with Crippen molar-refractivity contribution in [3.63, 3.8) is 0 Å². The van der Waals surface area contributed by atoms with Crippen molar-refractivity contribution in [3.05, 3.63) is 35.9 Å². The highest BCUT2D eigenvalue weighted by molar-refractivity contribution is 5.97. The number of amides is 2. The van der Waals surface area contributed by atoms with Crippen LogP contribution in [-0.4, -0.2) is 35.5 Å². The molecule has 0 saturated carbocycles. The summed E-state index contributed by atoms with van der Waals surface area (Å²) in [5.41, 5.74) is 0.500. The van der Waals surface area contributed by atoms with Crippen molar-refractivity contribution in [2.24, 2.45) is 5.92 Å². The fourth-order valence-electron chi connectivity index (χ4n) is 2.08. The van der Waals surface area contributed by atoms with Crippen molar-refractivity contribution in [3.8, 4) is 0 Å². The molecule has 0 aliphatic rings. The third-order valence-corrected chi connectivity index (χ3v) is 3.68. The van der Waals surface area contributed by atoms with E-state index in [4.69, 9.17) is 5.11 Å². The van der Waals surface area contributed by atoms with E-state index in [9.17, 15) is 14.4 Å². The Morgan fingerprint density at radius 2 is 1.83 bits per heavy atom. The van der Waals surface area contributed by atoms with Crippen molar-refractivity contribution in [1.29, 1.82) is 0 Å². The van der Waals surface area contributed by atoms with Gasteiger partial charge >= 0.3 is 5.97 Å². The van der Waals surface area contributed by atoms with E-state index < -0.39 is 12.0 Å². The van der Waals surface area contributed by atoms with E-state index in [0.717, 1.165) is 6.42 Å². The molecule has 0 saturated heterocycles. The van der Waals surface area contributed by atoms with Gasteiger partial charge in [0.05, 0.1) is 0 Å². The molecule has 126 valence electrons. The fraction of sp³-hybridized carbons (Fsp3) is 0.471. The molecule has 0 spiro atoms. The Labute approximate surface area is 136 Å². The van der Waals surface area contributed by atoms with Crippen LogP contribution in [0.25, 0.3) is 0 Å². The van der Waals surface area contributed by atoms with Gasteiger partial charge in [0.2, 0.25) is 5.91 Å². The van der Waals surface area contributed by atoms with Crippen LogP contribution in [0.5, 0.6) is 0 Å². The molecular formula is C17H24N2O4. The number of carbonyl (C=O) groups excluding carboxylic acids is 2. The molecule has 1 aromatic carbocycles. The Balaban J connectivity index is 2.63. The molecular weight excluding hydrogens is 296 g/mol. The summed E-state index contributed by atoms with van der Waals surface area (Å²) in [6, 6.07) is 8.08. The van der Waals surface area contributed by atoms with Crippen LogP contribution in [0.2, 0.25) is 0 Å². The van der Waals surface area contributed by atoms with Gasteiger partial charge in [-0.1, -0.05) is 38.5 Å². The Morgan fingerprint density at radius 3 is 2.39 bits per heavy atom. The molecule has 2 amide bonds. The normalized spacial score (nSPS) is 13.0. The molecule has 0 bridgehead atoms. The molecule has 23 heavy (non-hydrogen) atoms. The quantitative estimate of drug-likeness (QED) is 0.605. The van der Waals surface area contributed by atoms with Gasteiger partial charge in [-0.3, -0.25) is 14.4 Å². The van der Waals surface area contributed by atoms with E-state index in [1.54, 1.807) is 24.3 Å². The summed E-state index contributed by atoms with van der Waals surface area (Å²) in [5, 5.41) is 14.0. The number of hydrogen-bond acceptors (Lipinski definition) is 3. The molecule has 0 aromatic heterocycles. The van der Waals surface area contributed by atoms with Crippen molar-refractivity contribution in [2.75, 3.05) is 6.54 Å². The Hall–Kier alpha value is -2.37. The zero-order chi connectivity index (χ0) is 17.2. The van der Waals surface area contributed by atoms with Gasteiger partial charge in [0.25, 0.3) is 5.91 Å². The smallest absolute Gasteiger partial charge is 0.303 e. The number of aliphatic carboxylic acids is 1. The highest BCUT2D eigenvalue weighted by Gasteiger charge is 2.25. The van der Waals surface area contributed by atoms with Gasteiger partial charge in [0, 0.05) is 18.5 Å². The van der Waals surface area contributed by atoms with Gasteiger partial charge in [-0.15, -0.1) is 0 Å². The summed E-state index contributed by atoms with van der Waals surface area (Å²) in [7, 11) is 0. The minimum absolute atomic E-state index is 0.00462. The molecule has 6 nitrogen and oxygen atoms in total. The number of carbonyl (C=O) groups is 3. The van der Waals surface area contributed by atoms with Crippen LogP contribution < -0.4 is 10.6 Å². The number of nitrogens with one attached hydrogen (secondary N) is 2. The van der Waals surface area contributed by atoms with E-state index in [2.05, 4.69) is 10.6 Å². The lowest BCUT2D eigenvalue weighted by molar-refractivity contribution is -0.137. The summed E-state index contributed by atoms with van der Waals surface area (Å²) in [6.45, 7) is 4.12. The van der Waals surface area contributed by atoms with E-state index in [1.807, 2.05) is 19.9 Å². The highest BCUT2D eigenvalue weighted by atomic mass is 16.4.